The summed E-state index contributed by atoms with van der Waals surface area (Å²) in [7, 11) is 0. The van der Waals surface area contributed by atoms with Crippen LogP contribution in [-0.2, 0) is 9.53 Å². The van der Waals surface area contributed by atoms with Gasteiger partial charge in [0.25, 0.3) is 17.7 Å². The molecule has 0 spiro atoms. The monoisotopic (exact) mass is 446 g/mol. The van der Waals surface area contributed by atoms with Gasteiger partial charge >= 0.3 is 5.97 Å². The summed E-state index contributed by atoms with van der Waals surface area (Å²) in [5, 5.41) is 2.49. The lowest BCUT2D eigenvalue weighted by atomic mass is 10.1. The Morgan fingerprint density at radius 2 is 1.55 bits per heavy atom. The number of amides is 3. The molecular formula is C25H19FN2O5. The maximum atomic E-state index is 13.7. The summed E-state index contributed by atoms with van der Waals surface area (Å²) in [4.78, 5) is 50.9. The van der Waals surface area contributed by atoms with Crippen LogP contribution in [0.5, 0.6) is 0 Å². The van der Waals surface area contributed by atoms with Gasteiger partial charge in [0.1, 0.15) is 5.82 Å². The van der Waals surface area contributed by atoms with Crippen molar-refractivity contribution in [3.8, 4) is 0 Å². The molecule has 166 valence electrons. The molecule has 4 rings (SSSR count). The van der Waals surface area contributed by atoms with Crippen LogP contribution in [0.25, 0.3) is 0 Å². The first-order valence-corrected chi connectivity index (χ1v) is 10.1. The zero-order valence-corrected chi connectivity index (χ0v) is 17.8. The molecule has 8 heteroatoms. The van der Waals surface area contributed by atoms with E-state index in [1.54, 1.807) is 37.3 Å². The van der Waals surface area contributed by atoms with Gasteiger partial charge in [-0.15, -0.1) is 0 Å². The van der Waals surface area contributed by atoms with E-state index in [1.807, 2.05) is 0 Å². The molecule has 1 aliphatic rings. The number of esters is 1. The molecule has 0 aromatic heterocycles. The Hall–Kier alpha value is -4.33. The van der Waals surface area contributed by atoms with Gasteiger partial charge in [0, 0.05) is 5.69 Å². The second-order valence-electron chi connectivity index (χ2n) is 7.54. The topological polar surface area (TPSA) is 92.8 Å². The van der Waals surface area contributed by atoms with E-state index < -0.39 is 35.6 Å². The number of aryl methyl sites for hydroxylation is 1. The van der Waals surface area contributed by atoms with Crippen LogP contribution in [0.1, 0.15) is 43.6 Å². The molecule has 0 saturated heterocycles. The lowest BCUT2D eigenvalue weighted by Crippen LogP contribution is -2.30. The summed E-state index contributed by atoms with van der Waals surface area (Å²) >= 11 is 0. The summed E-state index contributed by atoms with van der Waals surface area (Å²) in [5.41, 5.74) is 1.77. The molecule has 3 amide bonds. The van der Waals surface area contributed by atoms with E-state index >= 15 is 0 Å². The number of carbonyl (C=O) groups is 4. The van der Waals surface area contributed by atoms with Crippen LogP contribution in [0.3, 0.4) is 0 Å². The van der Waals surface area contributed by atoms with Crippen molar-refractivity contribution in [3.63, 3.8) is 0 Å². The SMILES string of the molecule is Cc1ccc(NC(=O)C(C)OC(=O)c2ccc(N3C(=O)c4ccccc4C3=O)cc2)cc1F. The third-order valence-corrected chi connectivity index (χ3v) is 5.25. The van der Waals surface area contributed by atoms with Crippen LogP contribution in [0.2, 0.25) is 0 Å². The van der Waals surface area contributed by atoms with Crippen molar-refractivity contribution in [2.45, 2.75) is 20.0 Å². The van der Waals surface area contributed by atoms with Crippen LogP contribution in [0.4, 0.5) is 15.8 Å². The fraction of sp³-hybridized carbons (Fsp3) is 0.120. The summed E-state index contributed by atoms with van der Waals surface area (Å²) in [6.07, 6.45) is -1.14. The number of anilines is 2. The predicted molar refractivity (Wildman–Crippen MR) is 119 cm³/mol. The van der Waals surface area contributed by atoms with Gasteiger partial charge in [-0.1, -0.05) is 18.2 Å². The lowest BCUT2D eigenvalue weighted by Gasteiger charge is -2.16. The van der Waals surface area contributed by atoms with E-state index in [0.717, 1.165) is 4.90 Å². The highest BCUT2D eigenvalue weighted by Crippen LogP contribution is 2.28. The molecule has 33 heavy (non-hydrogen) atoms. The highest BCUT2D eigenvalue weighted by molar-refractivity contribution is 6.34. The van der Waals surface area contributed by atoms with Gasteiger partial charge in [-0.25, -0.2) is 14.1 Å². The minimum atomic E-state index is -1.14. The Labute approximate surface area is 188 Å². The van der Waals surface area contributed by atoms with Gasteiger partial charge < -0.3 is 10.1 Å². The molecule has 1 heterocycles. The quantitative estimate of drug-likeness (QED) is 0.470. The van der Waals surface area contributed by atoms with E-state index in [4.69, 9.17) is 4.74 Å². The Kier molecular flexibility index (Phi) is 5.74. The van der Waals surface area contributed by atoms with Gasteiger partial charge in [0.15, 0.2) is 6.10 Å². The standard InChI is InChI=1S/C25H19FN2O5/c1-14-7-10-17(13-21(14)26)27-22(29)15(2)33-25(32)16-8-11-18(12-9-16)28-23(30)19-5-3-4-6-20(19)24(28)31/h3-13,15H,1-2H3,(H,27,29). The molecule has 3 aromatic carbocycles. The van der Waals surface area contributed by atoms with Gasteiger partial charge in [-0.3, -0.25) is 14.4 Å². The first kappa shape index (κ1) is 21.9. The first-order chi connectivity index (χ1) is 15.8. The lowest BCUT2D eigenvalue weighted by molar-refractivity contribution is -0.123. The third kappa shape index (κ3) is 4.23. The summed E-state index contributed by atoms with van der Waals surface area (Å²) in [5.74, 6) is -2.72. The average Bonchev–Trinajstić information content (AvgIpc) is 3.06. The van der Waals surface area contributed by atoms with E-state index in [1.165, 1.54) is 43.3 Å². The minimum Gasteiger partial charge on any atom is -0.449 e. The molecule has 0 bridgehead atoms. The van der Waals surface area contributed by atoms with Crippen molar-refractivity contribution in [2.24, 2.45) is 0 Å². The van der Waals surface area contributed by atoms with E-state index in [0.29, 0.717) is 22.4 Å². The second kappa shape index (κ2) is 8.66. The number of ether oxygens (including phenoxy) is 1. The number of rotatable bonds is 5. The number of halogens is 1. The molecule has 1 atom stereocenters. The zero-order valence-electron chi connectivity index (χ0n) is 17.8. The molecule has 7 nitrogen and oxygen atoms in total. The normalized spacial score (nSPS) is 13.5. The fourth-order valence-electron chi connectivity index (χ4n) is 3.37. The predicted octanol–water partition coefficient (Wildman–Crippen LogP) is 4.12. The molecule has 1 aliphatic heterocycles. The maximum Gasteiger partial charge on any atom is 0.338 e. The largest absolute Gasteiger partial charge is 0.449 e. The third-order valence-electron chi connectivity index (χ3n) is 5.25. The van der Waals surface area contributed by atoms with Crippen molar-refractivity contribution in [2.75, 3.05) is 10.2 Å². The fourth-order valence-corrected chi connectivity index (χ4v) is 3.37. The van der Waals surface area contributed by atoms with Gasteiger partial charge in [0.05, 0.1) is 22.4 Å². The Balaban J connectivity index is 1.41. The van der Waals surface area contributed by atoms with Crippen LogP contribution in [-0.4, -0.2) is 29.8 Å². The number of imide groups is 1. The molecule has 0 aliphatic carbocycles. The summed E-state index contributed by atoms with van der Waals surface area (Å²) in [6.45, 7) is 3.00. The molecule has 1 N–H and O–H groups in total. The van der Waals surface area contributed by atoms with E-state index in [-0.39, 0.29) is 11.3 Å². The van der Waals surface area contributed by atoms with Crippen LogP contribution < -0.4 is 10.2 Å². The highest BCUT2D eigenvalue weighted by atomic mass is 19.1. The summed E-state index contributed by atoms with van der Waals surface area (Å²) < 4.78 is 18.8. The summed E-state index contributed by atoms with van der Waals surface area (Å²) in [6, 6.07) is 16.5. The van der Waals surface area contributed by atoms with Crippen molar-refractivity contribution in [1.29, 1.82) is 0 Å². The highest BCUT2D eigenvalue weighted by Gasteiger charge is 2.36. The molecular weight excluding hydrogens is 427 g/mol. The second-order valence-corrected chi connectivity index (χ2v) is 7.54. The molecule has 0 saturated carbocycles. The number of nitrogens with zero attached hydrogens (tertiary/aromatic N) is 1. The average molecular weight is 446 g/mol. The van der Waals surface area contributed by atoms with E-state index in [2.05, 4.69) is 5.32 Å². The molecule has 1 unspecified atom stereocenters. The minimum absolute atomic E-state index is 0.136. The maximum absolute atomic E-state index is 13.7. The van der Waals surface area contributed by atoms with Gasteiger partial charge in [0.2, 0.25) is 0 Å². The number of hydrogen-bond donors (Lipinski definition) is 1. The number of carbonyl (C=O) groups excluding carboxylic acids is 4. The Morgan fingerprint density at radius 1 is 0.939 bits per heavy atom. The van der Waals surface area contributed by atoms with Crippen molar-refractivity contribution in [3.05, 3.63) is 94.8 Å². The number of nitrogens with one attached hydrogen (secondary N) is 1. The van der Waals surface area contributed by atoms with Gasteiger partial charge in [-0.2, -0.15) is 0 Å². The number of benzene rings is 3. The first-order valence-electron chi connectivity index (χ1n) is 10.1. The van der Waals surface area contributed by atoms with Gasteiger partial charge in [-0.05, 0) is 67.9 Å². The van der Waals surface area contributed by atoms with Crippen LogP contribution in [0.15, 0.2) is 66.7 Å². The van der Waals surface area contributed by atoms with Crippen molar-refractivity contribution >= 4 is 35.1 Å². The van der Waals surface area contributed by atoms with Crippen molar-refractivity contribution in [1.82, 2.24) is 0 Å². The number of hydrogen-bond acceptors (Lipinski definition) is 5. The molecule has 0 radical (unpaired) electrons. The number of fused-ring (bicyclic) bond motifs is 1. The van der Waals surface area contributed by atoms with Crippen LogP contribution in [0, 0.1) is 12.7 Å². The molecule has 3 aromatic rings. The zero-order chi connectivity index (χ0) is 23.7. The van der Waals surface area contributed by atoms with E-state index in [9.17, 15) is 23.6 Å². The molecule has 0 fully saturated rings. The Morgan fingerprint density at radius 3 is 2.12 bits per heavy atom. The smallest absolute Gasteiger partial charge is 0.338 e. The van der Waals surface area contributed by atoms with Crippen LogP contribution >= 0.6 is 0 Å². The Bertz CT molecular complexity index is 1250. The van der Waals surface area contributed by atoms with Crippen molar-refractivity contribution < 1.29 is 28.3 Å².